The molecule has 3 aromatic rings. The highest BCUT2D eigenvalue weighted by Crippen LogP contribution is 2.36. The van der Waals surface area contributed by atoms with Crippen molar-refractivity contribution in [3.8, 4) is 0 Å². The molecular formula is C15H21N7O2. The minimum Gasteiger partial charge on any atom is -0.378 e. The molecule has 0 aromatic carbocycles. The Balaban J connectivity index is 0.00000100. The second-order valence-corrected chi connectivity index (χ2v) is 6.20. The van der Waals surface area contributed by atoms with Crippen molar-refractivity contribution < 1.29 is 4.92 Å². The second-order valence-electron chi connectivity index (χ2n) is 6.20. The molecule has 0 aliphatic rings. The number of hydrogen-bond acceptors (Lipinski definition) is 7. The molecule has 1 N–H and O–H groups in total. The Labute approximate surface area is 139 Å². The first-order valence-electron chi connectivity index (χ1n) is 7.74. The van der Waals surface area contributed by atoms with Crippen LogP contribution in [-0.2, 0) is 0 Å². The first-order chi connectivity index (χ1) is 11.4. The third-order valence-corrected chi connectivity index (χ3v) is 3.19. The third kappa shape index (κ3) is 3.24. The minimum absolute atomic E-state index is 0.0364. The van der Waals surface area contributed by atoms with Gasteiger partial charge in [0.05, 0.1) is 16.6 Å². The predicted molar refractivity (Wildman–Crippen MR) is 92.0 cm³/mol. The standard InChI is InChI=1S/C13H15N7O2.C2H6/c1-13(2,3)7-15-10-8-4-5-14-6-9(8)19-12(16-17-18-19)11(10)20(21)22;1-2/h4-6,15H,7H2,1-3H3;1-2H3. The molecule has 0 spiro atoms. The van der Waals surface area contributed by atoms with Gasteiger partial charge in [0.2, 0.25) is 0 Å². The summed E-state index contributed by atoms with van der Waals surface area (Å²) >= 11 is 0. The molecule has 9 nitrogen and oxygen atoms in total. The lowest BCUT2D eigenvalue weighted by Gasteiger charge is -2.20. The fourth-order valence-electron chi connectivity index (χ4n) is 2.21. The molecule has 0 saturated carbocycles. The van der Waals surface area contributed by atoms with E-state index in [1.54, 1.807) is 18.5 Å². The first-order valence-corrected chi connectivity index (χ1v) is 7.74. The summed E-state index contributed by atoms with van der Waals surface area (Å²) in [5, 5.41) is 26.5. The summed E-state index contributed by atoms with van der Waals surface area (Å²) in [4.78, 5) is 15.1. The summed E-state index contributed by atoms with van der Waals surface area (Å²) in [6.07, 6.45) is 3.18. The Kier molecular flexibility index (Phi) is 4.91. The van der Waals surface area contributed by atoms with Crippen LogP contribution in [0.1, 0.15) is 34.6 Å². The average Bonchev–Trinajstić information content (AvgIpc) is 3.02. The lowest BCUT2D eigenvalue weighted by molar-refractivity contribution is -0.382. The molecule has 0 aliphatic carbocycles. The molecule has 0 radical (unpaired) electrons. The molecule has 24 heavy (non-hydrogen) atoms. The van der Waals surface area contributed by atoms with Crippen LogP contribution in [0.3, 0.4) is 0 Å². The molecule has 0 bridgehead atoms. The Morgan fingerprint density at radius 1 is 1.33 bits per heavy atom. The Morgan fingerprint density at radius 2 is 2.04 bits per heavy atom. The normalized spacial score (nSPS) is 11.2. The fraction of sp³-hybridized carbons (Fsp3) is 0.467. The van der Waals surface area contributed by atoms with Gasteiger partial charge in [0.25, 0.3) is 5.65 Å². The number of nitro groups is 1. The van der Waals surface area contributed by atoms with Gasteiger partial charge >= 0.3 is 5.69 Å². The van der Waals surface area contributed by atoms with Crippen molar-refractivity contribution in [1.29, 1.82) is 0 Å². The Morgan fingerprint density at radius 3 is 2.67 bits per heavy atom. The molecule has 0 atom stereocenters. The van der Waals surface area contributed by atoms with E-state index in [9.17, 15) is 10.1 Å². The smallest absolute Gasteiger partial charge is 0.339 e. The van der Waals surface area contributed by atoms with Gasteiger partial charge in [0.1, 0.15) is 5.69 Å². The van der Waals surface area contributed by atoms with Gasteiger partial charge in [0, 0.05) is 18.1 Å². The molecule has 3 rings (SSSR count). The predicted octanol–water partition coefficient (Wildman–Crippen LogP) is 3.06. The van der Waals surface area contributed by atoms with Gasteiger partial charge in [-0.25, -0.2) is 0 Å². The van der Waals surface area contributed by atoms with Crippen LogP contribution >= 0.6 is 0 Å². The fourth-order valence-corrected chi connectivity index (χ4v) is 2.21. The van der Waals surface area contributed by atoms with E-state index in [2.05, 4.69) is 25.8 Å². The number of nitrogens with one attached hydrogen (secondary N) is 1. The van der Waals surface area contributed by atoms with Gasteiger partial charge in [-0.1, -0.05) is 34.6 Å². The highest BCUT2D eigenvalue weighted by Gasteiger charge is 2.27. The quantitative estimate of drug-likeness (QED) is 0.580. The van der Waals surface area contributed by atoms with Gasteiger partial charge in [-0.15, -0.1) is 5.10 Å². The van der Waals surface area contributed by atoms with Gasteiger partial charge in [-0.05, 0) is 21.9 Å². The van der Waals surface area contributed by atoms with E-state index in [0.29, 0.717) is 23.1 Å². The lowest BCUT2D eigenvalue weighted by Crippen LogP contribution is -2.20. The second kappa shape index (κ2) is 6.73. The van der Waals surface area contributed by atoms with E-state index < -0.39 is 4.92 Å². The number of fused-ring (bicyclic) bond motifs is 3. The number of aromatic nitrogens is 5. The van der Waals surface area contributed by atoms with E-state index in [-0.39, 0.29) is 16.7 Å². The van der Waals surface area contributed by atoms with Crippen molar-refractivity contribution in [2.75, 3.05) is 11.9 Å². The SMILES string of the molecule is CC.CC(C)(C)CNc1c([N+](=O)[O-])c2nnnn2c2cnccc12. The van der Waals surface area contributed by atoms with Crippen LogP contribution in [-0.4, -0.2) is 36.5 Å². The molecule has 128 valence electrons. The minimum atomic E-state index is -0.462. The largest absolute Gasteiger partial charge is 0.378 e. The summed E-state index contributed by atoms with van der Waals surface area (Å²) in [5.74, 6) is 0. The summed E-state index contributed by atoms with van der Waals surface area (Å²) in [7, 11) is 0. The molecule has 0 fully saturated rings. The summed E-state index contributed by atoms with van der Waals surface area (Å²) < 4.78 is 1.34. The van der Waals surface area contributed by atoms with Crippen LogP contribution in [0.15, 0.2) is 18.5 Å². The molecule has 0 aliphatic heterocycles. The zero-order chi connectivity index (χ0) is 17.9. The zero-order valence-electron chi connectivity index (χ0n) is 14.4. The maximum absolute atomic E-state index is 11.5. The first kappa shape index (κ1) is 17.5. The average molecular weight is 331 g/mol. The van der Waals surface area contributed by atoms with E-state index in [1.165, 1.54) is 4.52 Å². The van der Waals surface area contributed by atoms with E-state index in [0.717, 1.165) is 0 Å². The third-order valence-electron chi connectivity index (χ3n) is 3.19. The van der Waals surface area contributed by atoms with Crippen molar-refractivity contribution >= 4 is 27.9 Å². The highest BCUT2D eigenvalue weighted by atomic mass is 16.6. The topological polar surface area (TPSA) is 111 Å². The molecule has 0 saturated heterocycles. The molecule has 3 heterocycles. The number of pyridine rings is 2. The van der Waals surface area contributed by atoms with Crippen molar-refractivity contribution in [3.63, 3.8) is 0 Å². The van der Waals surface area contributed by atoms with E-state index in [4.69, 9.17) is 0 Å². The van der Waals surface area contributed by atoms with Crippen LogP contribution < -0.4 is 5.32 Å². The summed E-state index contributed by atoms with van der Waals surface area (Å²) in [6, 6.07) is 1.72. The number of nitrogens with zero attached hydrogens (tertiary/aromatic N) is 6. The summed E-state index contributed by atoms with van der Waals surface area (Å²) in [5.41, 5.74) is 0.963. The van der Waals surface area contributed by atoms with Gasteiger partial charge in [0.15, 0.2) is 0 Å². The monoisotopic (exact) mass is 331 g/mol. The number of hydrogen-bond donors (Lipinski definition) is 1. The molecule has 0 amide bonds. The van der Waals surface area contributed by atoms with E-state index >= 15 is 0 Å². The molecule has 9 heteroatoms. The van der Waals surface area contributed by atoms with Crippen LogP contribution in [0.4, 0.5) is 11.4 Å². The van der Waals surface area contributed by atoms with Crippen LogP contribution in [0.25, 0.3) is 16.6 Å². The van der Waals surface area contributed by atoms with Crippen LogP contribution in [0, 0.1) is 15.5 Å². The van der Waals surface area contributed by atoms with Gasteiger partial charge in [-0.3, -0.25) is 15.1 Å². The van der Waals surface area contributed by atoms with Crippen molar-refractivity contribution in [2.24, 2.45) is 5.41 Å². The maximum Gasteiger partial charge on any atom is 0.339 e. The molecule has 0 unspecified atom stereocenters. The zero-order valence-corrected chi connectivity index (χ0v) is 14.4. The van der Waals surface area contributed by atoms with Crippen molar-refractivity contribution in [1.82, 2.24) is 25.0 Å². The number of tetrazole rings is 1. The maximum atomic E-state index is 11.5. The van der Waals surface area contributed by atoms with Crippen molar-refractivity contribution in [2.45, 2.75) is 34.6 Å². The molecular weight excluding hydrogens is 310 g/mol. The Hall–Kier alpha value is -2.84. The van der Waals surface area contributed by atoms with Crippen molar-refractivity contribution in [3.05, 3.63) is 28.6 Å². The summed E-state index contributed by atoms with van der Waals surface area (Å²) in [6.45, 7) is 10.7. The Bertz CT molecular complexity index is 867. The van der Waals surface area contributed by atoms with Gasteiger partial charge < -0.3 is 5.32 Å². The number of rotatable bonds is 3. The van der Waals surface area contributed by atoms with Crippen LogP contribution in [0.5, 0.6) is 0 Å². The van der Waals surface area contributed by atoms with Crippen LogP contribution in [0.2, 0.25) is 0 Å². The number of anilines is 1. The highest BCUT2D eigenvalue weighted by molar-refractivity contribution is 6.00. The van der Waals surface area contributed by atoms with E-state index in [1.807, 2.05) is 34.6 Å². The van der Waals surface area contributed by atoms with Gasteiger partial charge in [-0.2, -0.15) is 4.52 Å². The molecule has 3 aromatic heterocycles. The lowest BCUT2D eigenvalue weighted by atomic mass is 9.96.